The Bertz CT molecular complexity index is 1630. The van der Waals surface area contributed by atoms with Crippen LogP contribution in [0.1, 0.15) is 37.5 Å². The highest BCUT2D eigenvalue weighted by Gasteiger charge is 2.38. The molecule has 1 aliphatic carbocycles. The molecule has 0 amide bonds. The fourth-order valence-corrected chi connectivity index (χ4v) is 5.01. The predicted molar refractivity (Wildman–Crippen MR) is 141 cm³/mol. The maximum absolute atomic E-state index is 14.1. The molecule has 0 radical (unpaired) electrons. The number of methoxy groups -OCH3 is 1. The summed E-state index contributed by atoms with van der Waals surface area (Å²) >= 11 is 0. The molecule has 5 aromatic rings. The van der Waals surface area contributed by atoms with Crippen LogP contribution in [0.4, 0.5) is 0 Å². The zero-order valence-corrected chi connectivity index (χ0v) is 20.0. The van der Waals surface area contributed by atoms with Crippen LogP contribution < -0.4 is 4.74 Å². The van der Waals surface area contributed by atoms with Crippen LogP contribution in [0.2, 0.25) is 0 Å². The standard InChI is InChI=1S/C32H23NO3/c1-20-12-16-23(17-13-20)33-29(22-14-18-24(36-2)19-15-22)27(21-8-4-3-5-9-21)28-30(33)32(35)26-11-7-6-10-25(26)31(28)34/h3-19H,1-2H3. The monoisotopic (exact) mass is 469 g/mol. The molecule has 0 atom stereocenters. The molecule has 36 heavy (non-hydrogen) atoms. The average Bonchev–Trinajstić information content (AvgIpc) is 3.29. The molecule has 6 rings (SSSR count). The first-order valence-electron chi connectivity index (χ1n) is 11.8. The second-order valence-electron chi connectivity index (χ2n) is 8.92. The predicted octanol–water partition coefficient (Wildman–Crippen LogP) is 6.90. The van der Waals surface area contributed by atoms with Crippen LogP contribution >= 0.6 is 0 Å². The first kappa shape index (κ1) is 21.8. The topological polar surface area (TPSA) is 48.3 Å². The summed E-state index contributed by atoms with van der Waals surface area (Å²) in [5.41, 5.74) is 6.96. The summed E-state index contributed by atoms with van der Waals surface area (Å²) in [5.74, 6) is 0.440. The molecule has 0 N–H and O–H groups in total. The Morgan fingerprint density at radius 2 is 1.19 bits per heavy atom. The lowest BCUT2D eigenvalue weighted by Gasteiger charge is -2.18. The van der Waals surface area contributed by atoms with Gasteiger partial charge >= 0.3 is 0 Å². The van der Waals surface area contributed by atoms with Crippen LogP contribution in [0.5, 0.6) is 5.75 Å². The van der Waals surface area contributed by atoms with Crippen LogP contribution in [-0.2, 0) is 0 Å². The lowest BCUT2D eigenvalue weighted by Crippen LogP contribution is -2.22. The minimum atomic E-state index is -0.155. The molecule has 0 saturated carbocycles. The van der Waals surface area contributed by atoms with Gasteiger partial charge in [-0.05, 0) is 54.4 Å². The minimum Gasteiger partial charge on any atom is -0.497 e. The number of ether oxygens (including phenoxy) is 1. The van der Waals surface area contributed by atoms with Gasteiger partial charge in [0.15, 0.2) is 5.78 Å². The Morgan fingerprint density at radius 1 is 0.583 bits per heavy atom. The van der Waals surface area contributed by atoms with Crippen molar-refractivity contribution in [1.82, 2.24) is 4.57 Å². The Morgan fingerprint density at radius 3 is 1.83 bits per heavy atom. The minimum absolute atomic E-state index is 0.139. The van der Waals surface area contributed by atoms with E-state index in [-0.39, 0.29) is 11.6 Å². The van der Waals surface area contributed by atoms with Gasteiger partial charge in [0.2, 0.25) is 5.78 Å². The molecule has 0 bridgehead atoms. The third-order valence-electron chi connectivity index (χ3n) is 6.75. The molecule has 1 aromatic heterocycles. The number of hydrogen-bond acceptors (Lipinski definition) is 3. The van der Waals surface area contributed by atoms with E-state index >= 15 is 0 Å². The second kappa shape index (κ2) is 8.51. The van der Waals surface area contributed by atoms with Crippen molar-refractivity contribution in [3.8, 4) is 33.8 Å². The number of nitrogens with zero attached hydrogens (tertiary/aromatic N) is 1. The van der Waals surface area contributed by atoms with Crippen molar-refractivity contribution in [3.05, 3.63) is 131 Å². The Balaban J connectivity index is 1.78. The van der Waals surface area contributed by atoms with Crippen molar-refractivity contribution < 1.29 is 14.3 Å². The van der Waals surface area contributed by atoms with Crippen LogP contribution in [0, 0.1) is 6.92 Å². The fourth-order valence-electron chi connectivity index (χ4n) is 5.01. The van der Waals surface area contributed by atoms with Crippen molar-refractivity contribution in [3.63, 3.8) is 0 Å². The Kier molecular flexibility index (Phi) is 5.15. The van der Waals surface area contributed by atoms with E-state index in [9.17, 15) is 9.59 Å². The smallest absolute Gasteiger partial charge is 0.211 e. The lowest BCUT2D eigenvalue weighted by atomic mass is 9.84. The van der Waals surface area contributed by atoms with Crippen LogP contribution in [-0.4, -0.2) is 23.2 Å². The van der Waals surface area contributed by atoms with Gasteiger partial charge < -0.3 is 9.30 Å². The van der Waals surface area contributed by atoms with E-state index in [0.29, 0.717) is 22.4 Å². The highest BCUT2D eigenvalue weighted by Crippen LogP contribution is 2.45. The SMILES string of the molecule is COc1ccc(-c2c(-c3ccccc3)c3c(n2-c2ccc(C)cc2)C(=O)c2ccccc2C3=O)cc1. The number of fused-ring (bicyclic) bond motifs is 2. The van der Waals surface area contributed by atoms with E-state index in [1.807, 2.05) is 90.4 Å². The van der Waals surface area contributed by atoms with Gasteiger partial charge in [-0.25, -0.2) is 0 Å². The molecular weight excluding hydrogens is 446 g/mol. The number of rotatable bonds is 4. The first-order chi connectivity index (χ1) is 17.6. The van der Waals surface area contributed by atoms with Crippen molar-refractivity contribution in [1.29, 1.82) is 0 Å². The van der Waals surface area contributed by atoms with Gasteiger partial charge in [-0.2, -0.15) is 0 Å². The number of ketones is 2. The fraction of sp³-hybridized carbons (Fsp3) is 0.0625. The number of benzene rings is 4. The quantitative estimate of drug-likeness (QED) is 0.282. The summed E-state index contributed by atoms with van der Waals surface area (Å²) < 4.78 is 7.34. The summed E-state index contributed by atoms with van der Waals surface area (Å²) in [6, 6.07) is 32.7. The molecule has 0 fully saturated rings. The number of aromatic nitrogens is 1. The molecule has 1 heterocycles. The van der Waals surface area contributed by atoms with Crippen LogP contribution in [0.3, 0.4) is 0 Å². The van der Waals surface area contributed by atoms with Gasteiger partial charge in [0.25, 0.3) is 0 Å². The molecule has 4 heteroatoms. The molecule has 0 aliphatic heterocycles. The molecule has 0 spiro atoms. The largest absolute Gasteiger partial charge is 0.497 e. The summed E-state index contributed by atoms with van der Waals surface area (Å²) in [6.45, 7) is 2.03. The lowest BCUT2D eigenvalue weighted by molar-refractivity contribution is 0.0975. The number of carbonyl (C=O) groups excluding carboxylic acids is 2. The van der Waals surface area contributed by atoms with E-state index in [0.717, 1.165) is 39.4 Å². The molecule has 4 nitrogen and oxygen atoms in total. The molecule has 4 aromatic carbocycles. The van der Waals surface area contributed by atoms with Gasteiger partial charge in [-0.15, -0.1) is 0 Å². The first-order valence-corrected chi connectivity index (χ1v) is 11.8. The van der Waals surface area contributed by atoms with Gasteiger partial charge in [0, 0.05) is 22.4 Å². The van der Waals surface area contributed by atoms with Crippen molar-refractivity contribution in [2.45, 2.75) is 6.92 Å². The second-order valence-corrected chi connectivity index (χ2v) is 8.92. The molecule has 1 aliphatic rings. The van der Waals surface area contributed by atoms with Crippen molar-refractivity contribution in [2.75, 3.05) is 7.11 Å². The van der Waals surface area contributed by atoms with E-state index in [4.69, 9.17) is 4.74 Å². The van der Waals surface area contributed by atoms with Gasteiger partial charge in [0.1, 0.15) is 11.4 Å². The summed E-state index contributed by atoms with van der Waals surface area (Å²) in [5, 5.41) is 0. The summed E-state index contributed by atoms with van der Waals surface area (Å²) in [7, 11) is 1.63. The maximum atomic E-state index is 14.1. The summed E-state index contributed by atoms with van der Waals surface area (Å²) in [6.07, 6.45) is 0. The van der Waals surface area contributed by atoms with Crippen LogP contribution in [0.15, 0.2) is 103 Å². The molecule has 0 unspecified atom stereocenters. The number of hydrogen-bond donors (Lipinski definition) is 0. The molecular formula is C32H23NO3. The summed E-state index contributed by atoms with van der Waals surface area (Å²) in [4.78, 5) is 28.1. The number of carbonyl (C=O) groups is 2. The zero-order chi connectivity index (χ0) is 24.8. The maximum Gasteiger partial charge on any atom is 0.211 e. The normalized spacial score (nSPS) is 12.3. The highest BCUT2D eigenvalue weighted by molar-refractivity contribution is 6.31. The third-order valence-corrected chi connectivity index (χ3v) is 6.75. The zero-order valence-electron chi connectivity index (χ0n) is 20.0. The van der Waals surface area contributed by atoms with Crippen molar-refractivity contribution in [2.24, 2.45) is 0 Å². The van der Waals surface area contributed by atoms with E-state index in [1.165, 1.54) is 0 Å². The number of aryl methyl sites for hydroxylation is 1. The van der Waals surface area contributed by atoms with E-state index in [2.05, 4.69) is 0 Å². The third kappa shape index (κ3) is 3.30. The highest BCUT2D eigenvalue weighted by atomic mass is 16.5. The van der Waals surface area contributed by atoms with Crippen LogP contribution in [0.25, 0.3) is 28.1 Å². The average molecular weight is 470 g/mol. The van der Waals surface area contributed by atoms with E-state index in [1.54, 1.807) is 31.4 Å². The molecule has 174 valence electrons. The van der Waals surface area contributed by atoms with Gasteiger partial charge in [-0.1, -0.05) is 72.3 Å². The van der Waals surface area contributed by atoms with E-state index < -0.39 is 0 Å². The Hall–Kier alpha value is -4.70. The van der Waals surface area contributed by atoms with Gasteiger partial charge in [-0.3, -0.25) is 9.59 Å². The van der Waals surface area contributed by atoms with Crippen molar-refractivity contribution >= 4 is 11.6 Å². The molecule has 0 saturated heterocycles. The Labute approximate surface area is 209 Å². The van der Waals surface area contributed by atoms with Gasteiger partial charge in [0.05, 0.1) is 18.4 Å².